The molecule has 0 bridgehead atoms. The molecule has 1 aromatic heterocycles. The highest BCUT2D eigenvalue weighted by molar-refractivity contribution is 7.18. The Bertz CT molecular complexity index is 1140. The van der Waals surface area contributed by atoms with Gasteiger partial charge in [-0.1, -0.05) is 38.4 Å². The number of carbonyl (C=O) groups is 2. The van der Waals surface area contributed by atoms with Gasteiger partial charge in [-0.15, -0.1) is 11.3 Å². The minimum atomic E-state index is -1.30. The second-order valence-electron chi connectivity index (χ2n) is 10.5. The maximum Gasteiger partial charge on any atom is 0.309 e. The number of halogens is 1. The maximum absolute atomic E-state index is 13.2. The van der Waals surface area contributed by atoms with Gasteiger partial charge in [0.25, 0.3) is 0 Å². The number of hydrogen-bond acceptors (Lipinski definition) is 9. The first-order chi connectivity index (χ1) is 16.8. The fourth-order valence-corrected chi connectivity index (χ4v) is 5.85. The van der Waals surface area contributed by atoms with Crippen molar-refractivity contribution in [1.29, 1.82) is 0 Å². The van der Waals surface area contributed by atoms with E-state index in [1.165, 1.54) is 0 Å². The molecule has 2 N–H and O–H groups in total. The van der Waals surface area contributed by atoms with Crippen molar-refractivity contribution in [2.24, 2.45) is 11.3 Å². The first-order valence-electron chi connectivity index (χ1n) is 12.3. The Labute approximate surface area is 219 Å². The summed E-state index contributed by atoms with van der Waals surface area (Å²) in [6.07, 6.45) is -3.75. The lowest BCUT2D eigenvalue weighted by molar-refractivity contribution is -0.157. The molecule has 0 spiro atoms. The SMILES string of the molecule is Cc1nc2cc(C3CC4OC4(Cl)CCOC(C)C(O)C(C)C(=O)C(C)(C)C(O)CC(=O)O3)ccc2s1. The topological polar surface area (TPSA) is 118 Å². The molecular formula is C26H34ClNO7S. The van der Waals surface area contributed by atoms with Gasteiger partial charge in [0, 0.05) is 18.8 Å². The summed E-state index contributed by atoms with van der Waals surface area (Å²) in [6.45, 7) is 8.58. The van der Waals surface area contributed by atoms with Crippen LogP contribution in [0.4, 0.5) is 0 Å². The fourth-order valence-electron chi connectivity index (χ4n) is 4.77. The molecule has 2 aromatic rings. The first kappa shape index (κ1) is 27.4. The molecule has 2 aliphatic heterocycles. The summed E-state index contributed by atoms with van der Waals surface area (Å²) in [4.78, 5) is 30.7. The van der Waals surface area contributed by atoms with Gasteiger partial charge in [-0.3, -0.25) is 9.59 Å². The summed E-state index contributed by atoms with van der Waals surface area (Å²) in [7, 11) is 0. The van der Waals surface area contributed by atoms with Gasteiger partial charge in [0.05, 0.1) is 52.0 Å². The van der Waals surface area contributed by atoms with Crippen LogP contribution < -0.4 is 0 Å². The van der Waals surface area contributed by atoms with Crippen LogP contribution >= 0.6 is 22.9 Å². The second-order valence-corrected chi connectivity index (χ2v) is 12.4. The summed E-state index contributed by atoms with van der Waals surface area (Å²) in [5, 5.41) is 21.5. The number of fused-ring (bicyclic) bond motifs is 2. The van der Waals surface area contributed by atoms with Crippen molar-refractivity contribution in [1.82, 2.24) is 4.98 Å². The van der Waals surface area contributed by atoms with Gasteiger partial charge >= 0.3 is 5.97 Å². The van der Waals surface area contributed by atoms with Crippen molar-refractivity contribution in [3.63, 3.8) is 0 Å². The smallest absolute Gasteiger partial charge is 0.309 e. The van der Waals surface area contributed by atoms with E-state index in [0.29, 0.717) is 12.8 Å². The number of cyclic esters (lactones) is 1. The van der Waals surface area contributed by atoms with Crippen LogP contribution in [-0.2, 0) is 23.8 Å². The van der Waals surface area contributed by atoms with Crippen LogP contribution in [0.2, 0.25) is 0 Å². The average molecular weight is 540 g/mol. The standard InChI is InChI=1S/C26H34ClNO7S/c1-13-23(31)14(2)33-9-8-26(27)21(35-26)11-18(16-6-7-19-17(10-16)28-15(3)36-19)34-22(30)12-20(29)25(4,5)24(13)32/h6-7,10,13-14,18,20-21,23,29,31H,8-9,11-12H2,1-5H3. The minimum absolute atomic E-state index is 0.222. The van der Waals surface area contributed by atoms with Crippen molar-refractivity contribution in [2.75, 3.05) is 6.61 Å². The number of ether oxygens (including phenoxy) is 3. The molecule has 2 aliphatic rings. The van der Waals surface area contributed by atoms with E-state index < -0.39 is 46.8 Å². The largest absolute Gasteiger partial charge is 0.457 e. The van der Waals surface area contributed by atoms with E-state index >= 15 is 0 Å². The summed E-state index contributed by atoms with van der Waals surface area (Å²) in [5.74, 6) is -1.82. The third-order valence-electron chi connectivity index (χ3n) is 7.41. The number of alkyl halides is 1. The number of carbonyl (C=O) groups excluding carboxylic acids is 2. The lowest BCUT2D eigenvalue weighted by Gasteiger charge is -2.34. The minimum Gasteiger partial charge on any atom is -0.457 e. The Balaban J connectivity index is 1.61. The van der Waals surface area contributed by atoms with Crippen LogP contribution in [0.15, 0.2) is 18.2 Å². The fraction of sp³-hybridized carbons (Fsp3) is 0.654. The van der Waals surface area contributed by atoms with Crippen molar-refractivity contribution < 1.29 is 34.0 Å². The summed E-state index contributed by atoms with van der Waals surface area (Å²) in [6, 6.07) is 5.74. The van der Waals surface area contributed by atoms with Gasteiger partial charge < -0.3 is 24.4 Å². The zero-order valence-electron chi connectivity index (χ0n) is 21.2. The van der Waals surface area contributed by atoms with Crippen LogP contribution in [0.1, 0.15) is 63.6 Å². The number of aryl methyl sites for hydroxylation is 1. The van der Waals surface area contributed by atoms with Crippen LogP contribution in [0.3, 0.4) is 0 Å². The van der Waals surface area contributed by atoms with E-state index in [1.807, 2.05) is 25.1 Å². The molecule has 2 saturated heterocycles. The van der Waals surface area contributed by atoms with Gasteiger partial charge in [-0.2, -0.15) is 0 Å². The van der Waals surface area contributed by atoms with E-state index in [1.54, 1.807) is 39.0 Å². The summed E-state index contributed by atoms with van der Waals surface area (Å²) < 4.78 is 18.4. The van der Waals surface area contributed by atoms with Gasteiger partial charge in [0.2, 0.25) is 0 Å². The Morgan fingerprint density at radius 1 is 1.19 bits per heavy atom. The number of hydrogen-bond donors (Lipinski definition) is 2. The first-order valence-corrected chi connectivity index (χ1v) is 13.5. The highest BCUT2D eigenvalue weighted by atomic mass is 35.5. The highest BCUT2D eigenvalue weighted by Gasteiger charge is 2.56. The van der Waals surface area contributed by atoms with Crippen LogP contribution in [0.5, 0.6) is 0 Å². The lowest BCUT2D eigenvalue weighted by atomic mass is 9.74. The van der Waals surface area contributed by atoms with Crippen LogP contribution in [-0.4, -0.2) is 63.0 Å². The molecule has 8 nitrogen and oxygen atoms in total. The lowest BCUT2D eigenvalue weighted by Crippen LogP contribution is -2.47. The number of benzene rings is 1. The molecule has 7 unspecified atom stereocenters. The quantitative estimate of drug-likeness (QED) is 0.316. The Morgan fingerprint density at radius 3 is 2.64 bits per heavy atom. The number of thiazole rings is 1. The molecule has 0 saturated carbocycles. The van der Waals surface area contributed by atoms with Crippen LogP contribution in [0.25, 0.3) is 10.2 Å². The summed E-state index contributed by atoms with van der Waals surface area (Å²) in [5.41, 5.74) is 0.283. The van der Waals surface area contributed by atoms with Crippen molar-refractivity contribution in [2.45, 2.75) is 89.5 Å². The van der Waals surface area contributed by atoms with Gasteiger partial charge in [0.15, 0.2) is 5.06 Å². The third-order valence-corrected chi connectivity index (χ3v) is 8.89. The predicted octanol–water partition coefficient (Wildman–Crippen LogP) is 4.07. The molecular weight excluding hydrogens is 506 g/mol. The Morgan fingerprint density at radius 2 is 1.92 bits per heavy atom. The monoisotopic (exact) mass is 539 g/mol. The third kappa shape index (κ3) is 5.61. The Hall–Kier alpha value is -1.62. The number of aromatic nitrogens is 1. The number of esters is 1. The molecule has 198 valence electrons. The molecule has 0 radical (unpaired) electrons. The molecule has 1 aromatic carbocycles. The molecule has 3 heterocycles. The second kappa shape index (κ2) is 10.3. The molecule has 2 fully saturated rings. The van der Waals surface area contributed by atoms with E-state index in [9.17, 15) is 19.8 Å². The number of Topliss-reactive ketones (excluding diaryl/α,β-unsaturated/α-hetero) is 1. The van der Waals surface area contributed by atoms with E-state index in [4.69, 9.17) is 25.8 Å². The van der Waals surface area contributed by atoms with E-state index in [-0.39, 0.29) is 24.9 Å². The van der Waals surface area contributed by atoms with Crippen LogP contribution in [0, 0.1) is 18.3 Å². The number of ketones is 1. The molecule has 7 atom stereocenters. The average Bonchev–Trinajstić information content (AvgIpc) is 3.28. The molecule has 4 rings (SSSR count). The predicted molar refractivity (Wildman–Crippen MR) is 136 cm³/mol. The number of epoxide rings is 1. The van der Waals surface area contributed by atoms with Gasteiger partial charge in [-0.05, 0) is 31.5 Å². The zero-order valence-corrected chi connectivity index (χ0v) is 22.8. The van der Waals surface area contributed by atoms with Crippen molar-refractivity contribution >= 4 is 44.9 Å². The zero-order chi connectivity index (χ0) is 26.4. The van der Waals surface area contributed by atoms with Gasteiger partial charge in [0.1, 0.15) is 18.0 Å². The molecule has 10 heteroatoms. The molecule has 36 heavy (non-hydrogen) atoms. The summed E-state index contributed by atoms with van der Waals surface area (Å²) >= 11 is 8.23. The van der Waals surface area contributed by atoms with Gasteiger partial charge in [-0.25, -0.2) is 4.98 Å². The number of aliphatic hydroxyl groups excluding tert-OH is 2. The van der Waals surface area contributed by atoms with Crippen molar-refractivity contribution in [3.05, 3.63) is 28.8 Å². The van der Waals surface area contributed by atoms with Crippen molar-refractivity contribution in [3.8, 4) is 0 Å². The number of rotatable bonds is 1. The van der Waals surface area contributed by atoms with E-state index in [0.717, 1.165) is 20.8 Å². The molecule has 0 amide bonds. The molecule has 0 aliphatic carbocycles. The normalized spacial score (nSPS) is 36.3. The maximum atomic E-state index is 13.2. The highest BCUT2D eigenvalue weighted by Crippen LogP contribution is 2.49. The number of nitrogens with zero attached hydrogens (tertiary/aromatic N) is 1. The van der Waals surface area contributed by atoms with E-state index in [2.05, 4.69) is 4.98 Å². The number of aliphatic hydroxyl groups is 2. The Kier molecular flexibility index (Phi) is 7.82.